The van der Waals surface area contributed by atoms with Gasteiger partial charge in [-0.05, 0) is 63.1 Å². The Morgan fingerprint density at radius 3 is 2.48 bits per heavy atom. The van der Waals surface area contributed by atoms with E-state index in [0.717, 1.165) is 73.8 Å². The highest BCUT2D eigenvalue weighted by Crippen LogP contribution is 2.45. The van der Waals surface area contributed by atoms with E-state index in [4.69, 9.17) is 14.5 Å². The number of piperazine rings is 1. The zero-order valence-corrected chi connectivity index (χ0v) is 20.0. The molecule has 0 radical (unpaired) electrons. The van der Waals surface area contributed by atoms with Gasteiger partial charge in [0.2, 0.25) is 0 Å². The molecule has 1 aliphatic carbocycles. The summed E-state index contributed by atoms with van der Waals surface area (Å²) in [5, 5.41) is 10.4. The maximum absolute atomic E-state index is 10.4. The largest absolute Gasteiger partial charge is 0.493 e. The normalized spacial score (nSPS) is 25.2. The zero-order valence-electron chi connectivity index (χ0n) is 20.0. The first kappa shape index (κ1) is 22.2. The molecule has 2 fully saturated rings. The monoisotopic (exact) mass is 449 g/mol. The van der Waals surface area contributed by atoms with Crippen molar-refractivity contribution in [3.05, 3.63) is 53.1 Å². The van der Waals surface area contributed by atoms with E-state index in [1.165, 1.54) is 11.3 Å². The average Bonchev–Trinajstić information content (AvgIpc) is 2.84. The topological polar surface area (TPSA) is 57.5 Å². The van der Waals surface area contributed by atoms with Gasteiger partial charge in [0.1, 0.15) is 0 Å². The van der Waals surface area contributed by atoms with E-state index in [1.54, 1.807) is 7.11 Å². The Bertz CT molecular complexity index is 1010. The van der Waals surface area contributed by atoms with Crippen LogP contribution < -0.4 is 14.4 Å². The molecule has 1 saturated carbocycles. The Labute approximate surface area is 196 Å². The van der Waals surface area contributed by atoms with Gasteiger partial charge in [-0.2, -0.15) is 0 Å². The third kappa shape index (κ3) is 4.34. The van der Waals surface area contributed by atoms with Crippen LogP contribution in [0.4, 0.5) is 5.69 Å². The minimum absolute atomic E-state index is 0.191. The van der Waals surface area contributed by atoms with Gasteiger partial charge in [-0.1, -0.05) is 12.1 Å². The van der Waals surface area contributed by atoms with Gasteiger partial charge in [0.15, 0.2) is 11.5 Å². The SMILES string of the molecule is CCOc1cc2c(cc1OC)C(c1ccc(N3CCN(C)CC3)cc1)=NC1CCC(O)CC21. The molecule has 1 saturated heterocycles. The molecule has 6 heteroatoms. The molecule has 2 aromatic carbocycles. The summed E-state index contributed by atoms with van der Waals surface area (Å²) in [6.07, 6.45) is 2.19. The highest BCUT2D eigenvalue weighted by atomic mass is 16.5. The molecule has 0 aromatic heterocycles. The Morgan fingerprint density at radius 1 is 1.03 bits per heavy atom. The molecule has 0 spiro atoms. The third-order valence-corrected chi connectivity index (χ3v) is 7.38. The second-order valence-corrected chi connectivity index (χ2v) is 9.48. The lowest BCUT2D eigenvalue weighted by atomic mass is 9.74. The molecule has 3 aliphatic rings. The fourth-order valence-electron chi connectivity index (χ4n) is 5.50. The van der Waals surface area contributed by atoms with E-state index in [0.29, 0.717) is 6.61 Å². The van der Waals surface area contributed by atoms with Crippen LogP contribution in [0.15, 0.2) is 41.4 Å². The van der Waals surface area contributed by atoms with Crippen molar-refractivity contribution < 1.29 is 14.6 Å². The van der Waals surface area contributed by atoms with Gasteiger partial charge < -0.3 is 24.4 Å². The number of anilines is 1. The predicted molar refractivity (Wildman–Crippen MR) is 132 cm³/mol. The third-order valence-electron chi connectivity index (χ3n) is 7.38. The first-order valence-corrected chi connectivity index (χ1v) is 12.2. The van der Waals surface area contributed by atoms with Crippen molar-refractivity contribution in [1.82, 2.24) is 4.90 Å². The molecule has 6 nitrogen and oxygen atoms in total. The van der Waals surface area contributed by atoms with Crippen LogP contribution in [0.1, 0.15) is 48.8 Å². The van der Waals surface area contributed by atoms with Crippen LogP contribution in [0.2, 0.25) is 0 Å². The van der Waals surface area contributed by atoms with Gasteiger partial charge in [0.25, 0.3) is 0 Å². The molecular formula is C27H35N3O3. The van der Waals surface area contributed by atoms with Gasteiger partial charge in [-0.3, -0.25) is 4.99 Å². The summed E-state index contributed by atoms with van der Waals surface area (Å²) in [5.74, 6) is 1.71. The van der Waals surface area contributed by atoms with Gasteiger partial charge in [0.05, 0.1) is 31.6 Å². The van der Waals surface area contributed by atoms with E-state index in [1.807, 2.05) is 6.92 Å². The van der Waals surface area contributed by atoms with Crippen LogP contribution >= 0.6 is 0 Å². The van der Waals surface area contributed by atoms with Crippen molar-refractivity contribution in [3.63, 3.8) is 0 Å². The highest BCUT2D eigenvalue weighted by molar-refractivity contribution is 6.15. The van der Waals surface area contributed by atoms with Crippen LogP contribution in [-0.2, 0) is 0 Å². The van der Waals surface area contributed by atoms with Crippen LogP contribution in [0.3, 0.4) is 0 Å². The average molecular weight is 450 g/mol. The van der Waals surface area contributed by atoms with Crippen LogP contribution in [-0.4, -0.2) is 74.8 Å². The Morgan fingerprint density at radius 2 is 1.79 bits per heavy atom. The minimum atomic E-state index is -0.267. The summed E-state index contributed by atoms with van der Waals surface area (Å²) in [5.41, 5.74) is 5.74. The molecule has 1 N–H and O–H groups in total. The van der Waals surface area contributed by atoms with Crippen molar-refractivity contribution in [2.24, 2.45) is 4.99 Å². The fourth-order valence-corrected chi connectivity index (χ4v) is 5.50. The van der Waals surface area contributed by atoms with Gasteiger partial charge in [-0.15, -0.1) is 0 Å². The molecule has 2 heterocycles. The number of hydrogen-bond acceptors (Lipinski definition) is 6. The molecule has 2 aromatic rings. The minimum Gasteiger partial charge on any atom is -0.493 e. The second-order valence-electron chi connectivity index (χ2n) is 9.48. The summed E-state index contributed by atoms with van der Waals surface area (Å²) in [6.45, 7) is 6.88. The quantitative estimate of drug-likeness (QED) is 0.755. The summed E-state index contributed by atoms with van der Waals surface area (Å²) in [7, 11) is 3.86. The van der Waals surface area contributed by atoms with Crippen molar-refractivity contribution in [2.75, 3.05) is 51.8 Å². The number of hydrogen-bond donors (Lipinski definition) is 1. The number of nitrogens with zero attached hydrogens (tertiary/aromatic N) is 3. The van der Waals surface area contributed by atoms with Gasteiger partial charge in [0, 0.05) is 48.9 Å². The number of likely N-dealkylation sites (N-methyl/N-ethyl adjacent to an activating group) is 1. The molecule has 0 amide bonds. The molecule has 5 rings (SSSR count). The number of aliphatic imine (C=N–C) groups is 1. The summed E-state index contributed by atoms with van der Waals surface area (Å²) < 4.78 is 11.6. The molecule has 2 aliphatic heterocycles. The lowest BCUT2D eigenvalue weighted by Gasteiger charge is -2.37. The molecule has 33 heavy (non-hydrogen) atoms. The Hall–Kier alpha value is -2.57. The Kier molecular flexibility index (Phi) is 6.30. The summed E-state index contributed by atoms with van der Waals surface area (Å²) in [4.78, 5) is 10.1. The van der Waals surface area contributed by atoms with E-state index in [-0.39, 0.29) is 18.1 Å². The molecule has 3 unspecified atom stereocenters. The van der Waals surface area contributed by atoms with Crippen LogP contribution in [0.25, 0.3) is 0 Å². The van der Waals surface area contributed by atoms with Crippen LogP contribution in [0, 0.1) is 0 Å². The van der Waals surface area contributed by atoms with E-state index >= 15 is 0 Å². The standard InChI is InChI=1S/C27H35N3O3/c1-4-33-26-16-21-22-15-20(31)9-10-24(22)28-27(23(21)17-25(26)32-3)18-5-7-19(8-6-18)30-13-11-29(2)12-14-30/h5-8,16-17,20,22,24,31H,4,9-15H2,1-3H3. The van der Waals surface area contributed by atoms with Crippen molar-refractivity contribution in [3.8, 4) is 11.5 Å². The van der Waals surface area contributed by atoms with Crippen molar-refractivity contribution in [1.29, 1.82) is 0 Å². The van der Waals surface area contributed by atoms with Crippen molar-refractivity contribution >= 4 is 11.4 Å². The van der Waals surface area contributed by atoms with Crippen LogP contribution in [0.5, 0.6) is 11.5 Å². The number of rotatable bonds is 5. The van der Waals surface area contributed by atoms with Gasteiger partial charge >= 0.3 is 0 Å². The fraction of sp³-hybridized carbons (Fsp3) is 0.519. The number of ether oxygens (including phenoxy) is 2. The summed E-state index contributed by atoms with van der Waals surface area (Å²) >= 11 is 0. The maximum Gasteiger partial charge on any atom is 0.161 e. The number of aliphatic hydroxyl groups is 1. The number of aliphatic hydroxyl groups excluding tert-OH is 1. The van der Waals surface area contributed by atoms with E-state index < -0.39 is 0 Å². The lowest BCUT2D eigenvalue weighted by Crippen LogP contribution is -2.44. The zero-order chi connectivity index (χ0) is 22.9. The molecular weight excluding hydrogens is 414 g/mol. The Balaban J connectivity index is 1.52. The first-order valence-electron chi connectivity index (χ1n) is 12.2. The number of fused-ring (bicyclic) bond motifs is 3. The maximum atomic E-state index is 10.4. The molecule has 3 atom stereocenters. The van der Waals surface area contributed by atoms with Crippen molar-refractivity contribution in [2.45, 2.75) is 44.2 Å². The van der Waals surface area contributed by atoms with Gasteiger partial charge in [-0.25, -0.2) is 0 Å². The summed E-state index contributed by atoms with van der Waals surface area (Å²) in [6, 6.07) is 13.3. The highest BCUT2D eigenvalue weighted by Gasteiger charge is 2.37. The first-order chi connectivity index (χ1) is 16.1. The lowest BCUT2D eigenvalue weighted by molar-refractivity contribution is 0.111. The second kappa shape index (κ2) is 9.35. The van der Waals surface area contributed by atoms with E-state index in [9.17, 15) is 5.11 Å². The molecule has 0 bridgehead atoms. The number of methoxy groups -OCH3 is 1. The van der Waals surface area contributed by atoms with E-state index in [2.05, 4.69) is 53.2 Å². The predicted octanol–water partition coefficient (Wildman–Crippen LogP) is 3.69. The number of benzene rings is 2. The molecule has 176 valence electrons. The smallest absolute Gasteiger partial charge is 0.161 e.